The van der Waals surface area contributed by atoms with Crippen LogP contribution in [0.15, 0.2) is 42.5 Å². The molecule has 6 heteroatoms. The Bertz CT molecular complexity index is 785. The molecule has 0 radical (unpaired) electrons. The van der Waals surface area contributed by atoms with Crippen LogP contribution in [-0.4, -0.2) is 22.6 Å². The van der Waals surface area contributed by atoms with E-state index in [-0.39, 0.29) is 11.8 Å². The van der Waals surface area contributed by atoms with Crippen LogP contribution in [0.5, 0.6) is 11.5 Å². The second-order valence-corrected chi connectivity index (χ2v) is 7.45. The molecule has 0 aliphatic heterocycles. The number of nitrogens with one attached hydrogen (secondary N) is 1. The normalized spacial score (nSPS) is 12.7. The molecule has 0 amide bonds. The summed E-state index contributed by atoms with van der Waals surface area (Å²) in [6, 6.07) is 12.5. The molecule has 1 atom stereocenters. The van der Waals surface area contributed by atoms with Crippen molar-refractivity contribution in [1.29, 1.82) is 0 Å². The lowest BCUT2D eigenvalue weighted by Gasteiger charge is -2.17. The second kappa shape index (κ2) is 7.68. The molecule has 1 N–H and O–H groups in total. The van der Waals surface area contributed by atoms with Gasteiger partial charge in [0.2, 0.25) is 10.0 Å². The lowest BCUT2D eigenvalue weighted by Crippen LogP contribution is -2.28. The SMILES string of the molecule is COc1ccc([C@H](C)NS(=O)(=O)Cc2ccc(C)cc2)cc1OC. The molecule has 24 heavy (non-hydrogen) atoms. The van der Waals surface area contributed by atoms with Gasteiger partial charge in [-0.3, -0.25) is 0 Å². The molecule has 0 spiro atoms. The van der Waals surface area contributed by atoms with Gasteiger partial charge in [0.1, 0.15) is 0 Å². The first-order chi connectivity index (χ1) is 11.3. The maximum Gasteiger partial charge on any atom is 0.216 e. The molecule has 0 aliphatic carbocycles. The van der Waals surface area contributed by atoms with Gasteiger partial charge in [-0.25, -0.2) is 13.1 Å². The monoisotopic (exact) mass is 349 g/mol. The van der Waals surface area contributed by atoms with E-state index in [1.807, 2.05) is 37.3 Å². The van der Waals surface area contributed by atoms with Crippen LogP contribution in [0.2, 0.25) is 0 Å². The van der Waals surface area contributed by atoms with Crippen molar-refractivity contribution in [3.8, 4) is 11.5 Å². The molecule has 0 fully saturated rings. The zero-order chi connectivity index (χ0) is 17.7. The summed E-state index contributed by atoms with van der Waals surface area (Å²) in [7, 11) is -0.342. The first-order valence-corrected chi connectivity index (χ1v) is 9.27. The van der Waals surface area contributed by atoms with Gasteiger partial charge >= 0.3 is 0 Å². The fraction of sp³-hybridized carbons (Fsp3) is 0.333. The number of rotatable bonds is 7. The molecule has 2 aromatic rings. The fourth-order valence-electron chi connectivity index (χ4n) is 2.40. The van der Waals surface area contributed by atoms with Crippen molar-refractivity contribution in [2.45, 2.75) is 25.6 Å². The van der Waals surface area contributed by atoms with E-state index in [2.05, 4.69) is 4.72 Å². The van der Waals surface area contributed by atoms with Crippen LogP contribution >= 0.6 is 0 Å². The Hall–Kier alpha value is -2.05. The van der Waals surface area contributed by atoms with E-state index in [1.54, 1.807) is 33.3 Å². The van der Waals surface area contributed by atoms with Crippen molar-refractivity contribution in [2.24, 2.45) is 0 Å². The third-order valence-corrected chi connectivity index (χ3v) is 5.17. The molecule has 5 nitrogen and oxygen atoms in total. The molecular formula is C18H23NO4S. The predicted octanol–water partition coefficient (Wildman–Crippen LogP) is 3.19. The minimum atomic E-state index is -3.45. The van der Waals surface area contributed by atoms with Gasteiger partial charge in [-0.2, -0.15) is 0 Å². The fourth-order valence-corrected chi connectivity index (χ4v) is 3.79. The summed E-state index contributed by atoms with van der Waals surface area (Å²) in [5.74, 6) is 1.13. The van der Waals surface area contributed by atoms with Gasteiger partial charge in [-0.15, -0.1) is 0 Å². The predicted molar refractivity (Wildman–Crippen MR) is 94.9 cm³/mol. The molecule has 0 saturated carbocycles. The number of methoxy groups -OCH3 is 2. The summed E-state index contributed by atoms with van der Waals surface area (Å²) in [4.78, 5) is 0. The Morgan fingerprint density at radius 1 is 1.00 bits per heavy atom. The van der Waals surface area contributed by atoms with E-state index >= 15 is 0 Å². The van der Waals surface area contributed by atoms with Crippen molar-refractivity contribution < 1.29 is 17.9 Å². The number of hydrogen-bond donors (Lipinski definition) is 1. The highest BCUT2D eigenvalue weighted by Gasteiger charge is 2.18. The summed E-state index contributed by atoms with van der Waals surface area (Å²) >= 11 is 0. The highest BCUT2D eigenvalue weighted by atomic mass is 32.2. The first kappa shape index (κ1) is 18.3. The molecule has 0 aliphatic rings. The number of aryl methyl sites for hydroxylation is 1. The van der Waals surface area contributed by atoms with Crippen LogP contribution in [-0.2, 0) is 15.8 Å². The van der Waals surface area contributed by atoms with Crippen molar-refractivity contribution in [1.82, 2.24) is 4.72 Å². The average molecular weight is 349 g/mol. The van der Waals surface area contributed by atoms with Gasteiger partial charge in [0.05, 0.1) is 20.0 Å². The summed E-state index contributed by atoms with van der Waals surface area (Å²) in [6.45, 7) is 3.77. The Balaban J connectivity index is 2.12. The van der Waals surface area contributed by atoms with Gasteiger partial charge in [0, 0.05) is 6.04 Å². The molecule has 0 heterocycles. The molecule has 0 bridgehead atoms. The van der Waals surface area contributed by atoms with Crippen molar-refractivity contribution >= 4 is 10.0 Å². The third kappa shape index (κ3) is 4.72. The topological polar surface area (TPSA) is 64.6 Å². The number of sulfonamides is 1. The lowest BCUT2D eigenvalue weighted by atomic mass is 10.1. The van der Waals surface area contributed by atoms with Gasteiger partial charge in [0.25, 0.3) is 0 Å². The summed E-state index contributed by atoms with van der Waals surface area (Å²) in [6.07, 6.45) is 0. The van der Waals surface area contributed by atoms with Crippen LogP contribution in [0.4, 0.5) is 0 Å². The van der Waals surface area contributed by atoms with E-state index < -0.39 is 10.0 Å². The largest absolute Gasteiger partial charge is 0.493 e. The molecule has 0 unspecified atom stereocenters. The zero-order valence-electron chi connectivity index (χ0n) is 14.4. The van der Waals surface area contributed by atoms with Gasteiger partial charge < -0.3 is 9.47 Å². The molecule has 2 rings (SSSR count). The van der Waals surface area contributed by atoms with Crippen molar-refractivity contribution in [2.75, 3.05) is 14.2 Å². The lowest BCUT2D eigenvalue weighted by molar-refractivity contribution is 0.354. The zero-order valence-corrected chi connectivity index (χ0v) is 15.2. The second-order valence-electron chi connectivity index (χ2n) is 5.70. The molecular weight excluding hydrogens is 326 g/mol. The van der Waals surface area contributed by atoms with Gasteiger partial charge in [-0.05, 0) is 37.1 Å². The first-order valence-electron chi connectivity index (χ1n) is 7.62. The van der Waals surface area contributed by atoms with Crippen LogP contribution in [0, 0.1) is 6.92 Å². The van der Waals surface area contributed by atoms with Gasteiger partial charge in [0.15, 0.2) is 11.5 Å². The summed E-state index contributed by atoms with van der Waals surface area (Å²) in [5.41, 5.74) is 2.66. The van der Waals surface area contributed by atoms with E-state index in [1.165, 1.54) is 0 Å². The van der Waals surface area contributed by atoms with Crippen molar-refractivity contribution in [3.63, 3.8) is 0 Å². The van der Waals surface area contributed by atoms with Crippen molar-refractivity contribution in [3.05, 3.63) is 59.2 Å². The average Bonchev–Trinajstić information content (AvgIpc) is 2.55. The quantitative estimate of drug-likeness (QED) is 0.834. The summed E-state index contributed by atoms with van der Waals surface area (Å²) in [5, 5.41) is 0. The van der Waals surface area contributed by atoms with Crippen LogP contribution < -0.4 is 14.2 Å². The maximum atomic E-state index is 12.4. The Morgan fingerprint density at radius 3 is 2.21 bits per heavy atom. The van der Waals surface area contributed by atoms with Crippen LogP contribution in [0.1, 0.15) is 29.7 Å². The maximum absolute atomic E-state index is 12.4. The third-order valence-electron chi connectivity index (χ3n) is 3.74. The van der Waals surface area contributed by atoms with E-state index in [9.17, 15) is 8.42 Å². The number of hydrogen-bond acceptors (Lipinski definition) is 4. The Kier molecular flexibility index (Phi) is 5.85. The van der Waals surface area contributed by atoms with Gasteiger partial charge in [-0.1, -0.05) is 35.9 Å². The molecule has 0 aromatic heterocycles. The Labute approximate surface area is 143 Å². The molecule has 130 valence electrons. The standard InChI is InChI=1S/C18H23NO4S/c1-13-5-7-15(8-6-13)12-24(20,21)19-14(2)16-9-10-17(22-3)18(11-16)23-4/h5-11,14,19H,12H2,1-4H3/t14-/m0/s1. The van der Waals surface area contributed by atoms with E-state index in [0.29, 0.717) is 11.5 Å². The van der Waals surface area contributed by atoms with Crippen LogP contribution in [0.25, 0.3) is 0 Å². The number of ether oxygens (including phenoxy) is 2. The highest BCUT2D eigenvalue weighted by Crippen LogP contribution is 2.30. The minimum Gasteiger partial charge on any atom is -0.493 e. The Morgan fingerprint density at radius 2 is 1.62 bits per heavy atom. The number of benzene rings is 2. The smallest absolute Gasteiger partial charge is 0.216 e. The van der Waals surface area contributed by atoms with E-state index in [4.69, 9.17) is 9.47 Å². The molecule has 2 aromatic carbocycles. The molecule has 0 saturated heterocycles. The van der Waals surface area contributed by atoms with E-state index in [0.717, 1.165) is 16.7 Å². The summed E-state index contributed by atoms with van der Waals surface area (Å²) < 4.78 is 37.9. The minimum absolute atomic E-state index is 0.0507. The van der Waals surface area contributed by atoms with Crippen LogP contribution in [0.3, 0.4) is 0 Å². The highest BCUT2D eigenvalue weighted by molar-refractivity contribution is 7.88.